The maximum Gasteiger partial charge on any atom is 0.243 e. The predicted octanol–water partition coefficient (Wildman–Crippen LogP) is 1.32. The van der Waals surface area contributed by atoms with Gasteiger partial charge >= 0.3 is 0 Å². The summed E-state index contributed by atoms with van der Waals surface area (Å²) in [6, 6.07) is 2.50. The quantitative estimate of drug-likeness (QED) is 0.588. The monoisotopic (exact) mass is 322 g/mol. The average Bonchev–Trinajstić information content (AvgIpc) is 2.32. The van der Waals surface area contributed by atoms with Crippen LogP contribution in [0.4, 0.5) is 8.78 Å². The van der Waals surface area contributed by atoms with E-state index in [-0.39, 0.29) is 29.8 Å². The first-order valence-corrected chi connectivity index (χ1v) is 6.00. The third-order valence-electron chi connectivity index (χ3n) is 2.11. The number of nitrogens with one attached hydrogen (secondary N) is 1. The van der Waals surface area contributed by atoms with Crippen LogP contribution in [-0.2, 0) is 16.1 Å². The summed E-state index contributed by atoms with van der Waals surface area (Å²) in [5.41, 5.74) is 4.82. The van der Waals surface area contributed by atoms with Gasteiger partial charge in [-0.25, -0.2) is 8.78 Å². The van der Waals surface area contributed by atoms with Crippen LogP contribution in [0.2, 0.25) is 0 Å². The number of carbonyl (C=O) groups is 1. The summed E-state index contributed by atoms with van der Waals surface area (Å²) in [6.45, 7) is 0.469. The van der Waals surface area contributed by atoms with E-state index < -0.39 is 17.5 Å². The highest BCUT2D eigenvalue weighted by atomic mass is 79.9. The van der Waals surface area contributed by atoms with Crippen LogP contribution in [-0.4, -0.2) is 25.7 Å². The van der Waals surface area contributed by atoms with Gasteiger partial charge in [0, 0.05) is 18.7 Å². The van der Waals surface area contributed by atoms with Gasteiger partial charge in [0.05, 0.1) is 11.1 Å². The number of ether oxygens (including phenoxy) is 1. The van der Waals surface area contributed by atoms with Gasteiger partial charge in [-0.3, -0.25) is 4.79 Å². The molecule has 0 aliphatic rings. The molecule has 18 heavy (non-hydrogen) atoms. The number of halogens is 3. The lowest BCUT2D eigenvalue weighted by Gasteiger charge is -2.08. The molecule has 0 saturated heterocycles. The highest BCUT2D eigenvalue weighted by Crippen LogP contribution is 2.21. The maximum atomic E-state index is 13.5. The molecule has 0 fully saturated rings. The van der Waals surface area contributed by atoms with Crippen molar-refractivity contribution in [1.82, 2.24) is 5.32 Å². The lowest BCUT2D eigenvalue weighted by atomic mass is 10.2. The second-order valence-electron chi connectivity index (χ2n) is 3.52. The number of carbonyl (C=O) groups excluding carboxylic acids is 1. The van der Waals surface area contributed by atoms with Crippen molar-refractivity contribution in [1.29, 1.82) is 0 Å². The van der Waals surface area contributed by atoms with Crippen LogP contribution in [0.3, 0.4) is 0 Å². The van der Waals surface area contributed by atoms with Crippen molar-refractivity contribution in [2.24, 2.45) is 5.73 Å². The van der Waals surface area contributed by atoms with E-state index in [9.17, 15) is 13.6 Å². The van der Waals surface area contributed by atoms with E-state index >= 15 is 0 Å². The Balaban J connectivity index is 2.36. The molecule has 1 amide bonds. The third-order valence-corrected chi connectivity index (χ3v) is 2.72. The largest absolute Gasteiger partial charge is 0.370 e. The van der Waals surface area contributed by atoms with Crippen molar-refractivity contribution in [3.8, 4) is 0 Å². The fourth-order valence-electron chi connectivity index (χ4n) is 1.26. The number of amides is 1. The smallest absolute Gasteiger partial charge is 0.243 e. The Morgan fingerprint density at radius 3 is 2.83 bits per heavy atom. The molecule has 0 saturated carbocycles. The predicted molar refractivity (Wildman–Crippen MR) is 65.8 cm³/mol. The van der Waals surface area contributed by atoms with Gasteiger partial charge in [0.25, 0.3) is 0 Å². The fraction of sp³-hybridized carbons (Fsp3) is 0.364. The van der Waals surface area contributed by atoms with E-state index in [4.69, 9.17) is 10.5 Å². The second-order valence-corrected chi connectivity index (χ2v) is 4.37. The average molecular weight is 323 g/mol. The zero-order valence-electron chi connectivity index (χ0n) is 9.51. The Morgan fingerprint density at radius 1 is 1.44 bits per heavy atom. The van der Waals surface area contributed by atoms with Gasteiger partial charge in [-0.15, -0.1) is 0 Å². The van der Waals surface area contributed by atoms with E-state index in [2.05, 4.69) is 21.2 Å². The molecule has 100 valence electrons. The number of hydrogen-bond donors (Lipinski definition) is 2. The van der Waals surface area contributed by atoms with Crippen molar-refractivity contribution in [2.75, 3.05) is 19.8 Å². The molecule has 0 unspecified atom stereocenters. The number of rotatable bonds is 7. The van der Waals surface area contributed by atoms with E-state index in [0.717, 1.165) is 0 Å². The number of hydrogen-bond acceptors (Lipinski definition) is 3. The molecule has 1 aromatic rings. The molecule has 1 rings (SSSR count). The minimum absolute atomic E-state index is 0.0387. The first-order chi connectivity index (χ1) is 8.52. The minimum atomic E-state index is -0.624. The van der Waals surface area contributed by atoms with E-state index in [1.165, 1.54) is 12.1 Å². The first kappa shape index (κ1) is 15.0. The molecule has 0 aliphatic carbocycles. The van der Waals surface area contributed by atoms with Gasteiger partial charge < -0.3 is 15.8 Å². The Kier molecular flexibility index (Phi) is 6.17. The molecule has 0 heterocycles. The zero-order chi connectivity index (χ0) is 13.5. The molecule has 0 bridgehead atoms. The standard InChI is InChI=1S/C11H13BrF2N2O2/c12-8-1-2-9(13)7(11(8)14)5-16-3-4-18-6-10(15)17/h1-2,16H,3-6H2,(H2,15,17). The molecular formula is C11H13BrF2N2O2. The van der Waals surface area contributed by atoms with Gasteiger partial charge in [-0.1, -0.05) is 0 Å². The highest BCUT2D eigenvalue weighted by Gasteiger charge is 2.11. The van der Waals surface area contributed by atoms with Crippen molar-refractivity contribution >= 4 is 21.8 Å². The summed E-state index contributed by atoms with van der Waals surface area (Å²) in [5.74, 6) is -1.79. The lowest BCUT2D eigenvalue weighted by Crippen LogP contribution is -2.24. The molecule has 3 N–H and O–H groups in total. The van der Waals surface area contributed by atoms with Crippen LogP contribution in [0.25, 0.3) is 0 Å². The summed E-state index contributed by atoms with van der Waals surface area (Å²) < 4.78 is 31.9. The third kappa shape index (κ3) is 4.67. The minimum Gasteiger partial charge on any atom is -0.370 e. The van der Waals surface area contributed by atoms with Crippen molar-refractivity contribution in [3.63, 3.8) is 0 Å². The van der Waals surface area contributed by atoms with Crippen molar-refractivity contribution in [2.45, 2.75) is 6.54 Å². The van der Waals surface area contributed by atoms with E-state index in [0.29, 0.717) is 6.54 Å². The van der Waals surface area contributed by atoms with Crippen molar-refractivity contribution < 1.29 is 18.3 Å². The Bertz CT molecular complexity index is 430. The number of primary amides is 1. The highest BCUT2D eigenvalue weighted by molar-refractivity contribution is 9.10. The first-order valence-electron chi connectivity index (χ1n) is 5.21. The Labute approximate surface area is 112 Å². The summed E-state index contributed by atoms with van der Waals surface area (Å²) >= 11 is 2.98. The summed E-state index contributed by atoms with van der Waals surface area (Å²) in [7, 11) is 0. The molecule has 0 aliphatic heterocycles. The summed E-state index contributed by atoms with van der Waals surface area (Å²) in [4.78, 5) is 10.4. The molecule has 0 radical (unpaired) electrons. The van der Waals surface area contributed by atoms with Crippen LogP contribution in [0.1, 0.15) is 5.56 Å². The summed E-state index contributed by atoms with van der Waals surface area (Å²) in [6.07, 6.45) is 0. The molecule has 0 spiro atoms. The topological polar surface area (TPSA) is 64.4 Å². The molecule has 1 aromatic carbocycles. The van der Waals surface area contributed by atoms with E-state index in [1.807, 2.05) is 0 Å². The molecular weight excluding hydrogens is 310 g/mol. The summed E-state index contributed by atoms with van der Waals surface area (Å²) in [5, 5.41) is 2.81. The van der Waals surface area contributed by atoms with Crippen LogP contribution < -0.4 is 11.1 Å². The fourth-order valence-corrected chi connectivity index (χ4v) is 1.63. The van der Waals surface area contributed by atoms with Gasteiger partial charge in [-0.05, 0) is 28.1 Å². The van der Waals surface area contributed by atoms with Gasteiger partial charge in [-0.2, -0.15) is 0 Å². The Hall–Kier alpha value is -1.05. The lowest BCUT2D eigenvalue weighted by molar-refractivity contribution is -0.122. The normalized spacial score (nSPS) is 10.6. The molecule has 0 aromatic heterocycles. The van der Waals surface area contributed by atoms with Crippen molar-refractivity contribution in [3.05, 3.63) is 33.8 Å². The van der Waals surface area contributed by atoms with E-state index in [1.54, 1.807) is 0 Å². The molecule has 7 heteroatoms. The molecule has 4 nitrogen and oxygen atoms in total. The SMILES string of the molecule is NC(=O)COCCNCc1c(F)ccc(Br)c1F. The van der Waals surface area contributed by atoms with Crippen LogP contribution in [0.15, 0.2) is 16.6 Å². The van der Waals surface area contributed by atoms with Gasteiger partial charge in [0.15, 0.2) is 0 Å². The molecule has 0 atom stereocenters. The van der Waals surface area contributed by atoms with Crippen LogP contribution in [0, 0.1) is 11.6 Å². The zero-order valence-corrected chi connectivity index (χ0v) is 11.1. The number of benzene rings is 1. The van der Waals surface area contributed by atoms with Crippen LogP contribution in [0.5, 0.6) is 0 Å². The van der Waals surface area contributed by atoms with Gasteiger partial charge in [0.1, 0.15) is 18.2 Å². The van der Waals surface area contributed by atoms with Gasteiger partial charge in [0.2, 0.25) is 5.91 Å². The number of nitrogens with two attached hydrogens (primary N) is 1. The Morgan fingerprint density at radius 2 is 2.17 bits per heavy atom. The maximum absolute atomic E-state index is 13.5. The van der Waals surface area contributed by atoms with Crippen LogP contribution >= 0.6 is 15.9 Å². The second kappa shape index (κ2) is 7.40.